The summed E-state index contributed by atoms with van der Waals surface area (Å²) in [5.74, 6) is 0.437. The van der Waals surface area contributed by atoms with Crippen LogP contribution < -0.4 is 10.6 Å². The highest BCUT2D eigenvalue weighted by molar-refractivity contribution is 8.00. The van der Waals surface area contributed by atoms with Crippen LogP contribution in [0.15, 0.2) is 60.7 Å². The lowest BCUT2D eigenvalue weighted by Crippen LogP contribution is -2.40. The van der Waals surface area contributed by atoms with E-state index in [0.29, 0.717) is 36.4 Å². The maximum absolute atomic E-state index is 12.3. The van der Waals surface area contributed by atoms with E-state index in [4.69, 9.17) is 10.2 Å². The van der Waals surface area contributed by atoms with E-state index in [1.807, 2.05) is 94.0 Å². The predicted molar refractivity (Wildman–Crippen MR) is 181 cm³/mol. The minimum absolute atomic E-state index is 0.0275. The van der Waals surface area contributed by atoms with Crippen molar-refractivity contribution in [1.29, 1.82) is 0 Å². The van der Waals surface area contributed by atoms with Crippen LogP contribution in [0.25, 0.3) is 0 Å². The minimum atomic E-state index is -0.731. The van der Waals surface area contributed by atoms with Crippen molar-refractivity contribution in [3.8, 4) is 0 Å². The summed E-state index contributed by atoms with van der Waals surface area (Å²) in [7, 11) is 0. The van der Waals surface area contributed by atoms with Crippen LogP contribution >= 0.6 is 23.5 Å². The van der Waals surface area contributed by atoms with Gasteiger partial charge in [0, 0.05) is 47.9 Å². The lowest BCUT2D eigenvalue weighted by molar-refractivity contribution is -0.138. The van der Waals surface area contributed by atoms with Gasteiger partial charge in [-0.15, -0.1) is 0 Å². The average Bonchev–Trinajstić information content (AvgIpc) is 3.78. The molecule has 0 saturated carbocycles. The lowest BCUT2D eigenvalue weighted by atomic mass is 10.0. The van der Waals surface area contributed by atoms with E-state index in [1.165, 1.54) is 0 Å². The fraction of sp³-hybridized carbons (Fsp3) is 0.529. The van der Waals surface area contributed by atoms with Gasteiger partial charge in [0.05, 0.1) is 24.2 Å². The number of carboxylic acid groups (broad SMARTS) is 2. The number of hydrogen-bond acceptors (Lipinski definition) is 6. The monoisotopic (exact) mass is 668 g/mol. The molecule has 4 N–H and O–H groups in total. The third-order valence-corrected chi connectivity index (χ3v) is 12.1. The van der Waals surface area contributed by atoms with Crippen LogP contribution in [0.4, 0.5) is 9.59 Å². The number of nitrogens with zero attached hydrogens (tertiary/aromatic N) is 2. The average molecular weight is 669 g/mol. The molecule has 2 aromatic carbocycles. The molecule has 0 spiro atoms. The number of carbonyl (C=O) groups excluding carboxylic acids is 2. The second-order valence-electron chi connectivity index (χ2n) is 12.3. The summed E-state index contributed by atoms with van der Waals surface area (Å²) < 4.78 is 0. The summed E-state index contributed by atoms with van der Waals surface area (Å²) in [6.07, 6.45) is 5.64. The SMILES string of the molecule is O=C(O)CCCC[C@H]1SC[C@H]2NC(=O)N(Cc3ccccc3)[C@H]21.O=C(O)CCCC[C@H]1SC[C@H]2NC(=O)N(Cc3ccccc3)[C@H]21. The molecule has 4 aliphatic rings. The van der Waals surface area contributed by atoms with Gasteiger partial charge in [-0.2, -0.15) is 23.5 Å². The molecule has 6 atom stereocenters. The molecular formula is C34H44N4O6S2. The Bertz CT molecular complexity index is 1230. The highest BCUT2D eigenvalue weighted by atomic mass is 32.2. The van der Waals surface area contributed by atoms with Crippen molar-refractivity contribution in [3.05, 3.63) is 71.8 Å². The smallest absolute Gasteiger partial charge is 0.318 e. The van der Waals surface area contributed by atoms with Crippen LogP contribution in [-0.4, -0.2) is 90.2 Å². The third kappa shape index (κ3) is 8.90. The van der Waals surface area contributed by atoms with E-state index < -0.39 is 11.9 Å². The Morgan fingerprint density at radius 1 is 0.652 bits per heavy atom. The third-order valence-electron chi connectivity index (χ3n) is 9.08. The molecule has 12 heteroatoms. The molecule has 4 amide bonds. The van der Waals surface area contributed by atoms with Crippen molar-refractivity contribution in [1.82, 2.24) is 20.4 Å². The van der Waals surface area contributed by atoms with Crippen molar-refractivity contribution >= 4 is 47.5 Å². The zero-order valence-electron chi connectivity index (χ0n) is 26.0. The molecule has 248 valence electrons. The van der Waals surface area contributed by atoms with Gasteiger partial charge in [-0.3, -0.25) is 9.59 Å². The van der Waals surface area contributed by atoms with Crippen LogP contribution in [0.3, 0.4) is 0 Å². The number of thioether (sulfide) groups is 2. The molecule has 4 heterocycles. The van der Waals surface area contributed by atoms with Crippen molar-refractivity contribution in [2.45, 2.75) is 99.1 Å². The van der Waals surface area contributed by atoms with Gasteiger partial charge in [0.15, 0.2) is 0 Å². The molecule has 4 fully saturated rings. The maximum Gasteiger partial charge on any atom is 0.318 e. The van der Waals surface area contributed by atoms with E-state index in [9.17, 15) is 19.2 Å². The standard InChI is InChI=1S/2C17H22N2O3S/c2*20-15(21)9-5-4-8-14-16-13(11-23-14)18-17(22)19(16)10-12-6-2-1-3-7-12/h2*1-3,6-7,13-14,16H,4-5,8-11H2,(H,18,22)(H,20,21)/t2*13-,14-,16-/m11/s1. The van der Waals surface area contributed by atoms with Crippen molar-refractivity contribution in [2.75, 3.05) is 11.5 Å². The first-order chi connectivity index (χ1) is 22.3. The number of carboxylic acids is 2. The first-order valence-corrected chi connectivity index (χ1v) is 18.3. The summed E-state index contributed by atoms with van der Waals surface area (Å²) in [6, 6.07) is 21.1. The zero-order chi connectivity index (χ0) is 32.5. The van der Waals surface area contributed by atoms with Crippen LogP contribution in [0.1, 0.15) is 62.5 Å². The highest BCUT2D eigenvalue weighted by Gasteiger charge is 2.49. The number of aliphatic carboxylic acids is 2. The van der Waals surface area contributed by atoms with Gasteiger partial charge in [-0.05, 0) is 36.8 Å². The Morgan fingerprint density at radius 2 is 1.04 bits per heavy atom. The van der Waals surface area contributed by atoms with Gasteiger partial charge in [0.2, 0.25) is 0 Å². The van der Waals surface area contributed by atoms with Crippen molar-refractivity contribution in [3.63, 3.8) is 0 Å². The number of unbranched alkanes of at least 4 members (excludes halogenated alkanes) is 2. The molecule has 4 saturated heterocycles. The number of urea groups is 2. The summed E-state index contributed by atoms with van der Waals surface area (Å²) in [5.41, 5.74) is 2.29. The lowest BCUT2D eigenvalue weighted by Gasteiger charge is -2.27. The maximum atomic E-state index is 12.3. The zero-order valence-corrected chi connectivity index (χ0v) is 27.6. The molecule has 6 rings (SSSR count). The number of fused-ring (bicyclic) bond motifs is 2. The van der Waals surface area contributed by atoms with Crippen LogP contribution in [0.5, 0.6) is 0 Å². The Hall–Kier alpha value is -3.38. The molecular weight excluding hydrogens is 625 g/mol. The fourth-order valence-corrected chi connectivity index (χ4v) is 10.1. The van der Waals surface area contributed by atoms with Crippen molar-refractivity contribution < 1.29 is 29.4 Å². The number of benzene rings is 2. The van der Waals surface area contributed by atoms with Gasteiger partial charge in [-0.25, -0.2) is 9.59 Å². The molecule has 0 aromatic heterocycles. The van der Waals surface area contributed by atoms with E-state index >= 15 is 0 Å². The van der Waals surface area contributed by atoms with Gasteiger partial charge < -0.3 is 30.6 Å². The van der Waals surface area contributed by atoms with E-state index in [-0.39, 0.29) is 49.1 Å². The molecule has 46 heavy (non-hydrogen) atoms. The van der Waals surface area contributed by atoms with Crippen LogP contribution in [-0.2, 0) is 22.7 Å². The van der Waals surface area contributed by atoms with Gasteiger partial charge in [0.1, 0.15) is 0 Å². The molecule has 0 aliphatic carbocycles. The molecule has 10 nitrogen and oxygen atoms in total. The summed E-state index contributed by atoms with van der Waals surface area (Å²) in [4.78, 5) is 49.7. The number of rotatable bonds is 14. The van der Waals surface area contributed by atoms with E-state index in [1.54, 1.807) is 0 Å². The number of hydrogen-bond donors (Lipinski definition) is 4. The summed E-state index contributed by atoms with van der Waals surface area (Å²) >= 11 is 3.81. The largest absolute Gasteiger partial charge is 0.481 e. The quantitative estimate of drug-likeness (QED) is 0.155. The van der Waals surface area contributed by atoms with Gasteiger partial charge in [-0.1, -0.05) is 73.5 Å². The Balaban J connectivity index is 0.000000181. The minimum Gasteiger partial charge on any atom is -0.481 e. The summed E-state index contributed by atoms with van der Waals surface area (Å²) in [6.45, 7) is 1.28. The van der Waals surface area contributed by atoms with Crippen molar-refractivity contribution in [2.24, 2.45) is 0 Å². The summed E-state index contributed by atoms with van der Waals surface area (Å²) in [5, 5.41) is 24.4. The number of carbonyl (C=O) groups is 4. The van der Waals surface area contributed by atoms with Gasteiger partial charge >= 0.3 is 24.0 Å². The topological polar surface area (TPSA) is 139 Å². The second kappa shape index (κ2) is 16.4. The highest BCUT2D eigenvalue weighted by Crippen LogP contribution is 2.39. The first kappa shape index (κ1) is 34.0. The Morgan fingerprint density at radius 3 is 1.41 bits per heavy atom. The van der Waals surface area contributed by atoms with Crippen LogP contribution in [0, 0.1) is 0 Å². The number of amides is 4. The Labute approximate surface area is 279 Å². The predicted octanol–water partition coefficient (Wildman–Crippen LogP) is 5.42. The fourth-order valence-electron chi connectivity index (χ4n) is 6.88. The van der Waals surface area contributed by atoms with E-state index in [2.05, 4.69) is 10.6 Å². The molecule has 4 aliphatic heterocycles. The molecule has 0 unspecified atom stereocenters. The first-order valence-electron chi connectivity index (χ1n) is 16.2. The molecule has 0 radical (unpaired) electrons. The second-order valence-corrected chi connectivity index (χ2v) is 14.9. The van der Waals surface area contributed by atoms with Crippen LogP contribution in [0.2, 0.25) is 0 Å². The number of nitrogens with one attached hydrogen (secondary N) is 2. The van der Waals surface area contributed by atoms with Gasteiger partial charge in [0.25, 0.3) is 0 Å². The molecule has 0 bridgehead atoms. The normalized spacial score (nSPS) is 26.2. The molecule has 2 aromatic rings. The Kier molecular flexibility index (Phi) is 12.1. The van der Waals surface area contributed by atoms with E-state index in [0.717, 1.165) is 48.3 Å².